The molecular formula is C7H9NO2. The summed E-state index contributed by atoms with van der Waals surface area (Å²) in [5.41, 5.74) is 0.412. The second-order valence-corrected chi connectivity index (χ2v) is 2.39. The highest BCUT2D eigenvalue weighted by molar-refractivity contribution is 5.95. The molecule has 0 saturated carbocycles. The first-order chi connectivity index (χ1) is 4.72. The molecule has 0 atom stereocenters. The number of aromatic nitrogens is 1. The van der Waals surface area contributed by atoms with Gasteiger partial charge in [-0.1, -0.05) is 13.8 Å². The molecule has 0 aliphatic heterocycles. The van der Waals surface area contributed by atoms with E-state index in [9.17, 15) is 4.79 Å². The van der Waals surface area contributed by atoms with Crippen LogP contribution in [0.4, 0.5) is 0 Å². The van der Waals surface area contributed by atoms with Crippen molar-refractivity contribution in [2.75, 3.05) is 0 Å². The van der Waals surface area contributed by atoms with Crippen LogP contribution in [0, 0.1) is 5.92 Å². The molecule has 0 aliphatic carbocycles. The van der Waals surface area contributed by atoms with E-state index in [2.05, 4.69) is 9.40 Å². The van der Waals surface area contributed by atoms with Gasteiger partial charge in [-0.2, -0.15) is 0 Å². The second kappa shape index (κ2) is 2.64. The van der Waals surface area contributed by atoms with Gasteiger partial charge in [0.25, 0.3) is 0 Å². The monoisotopic (exact) mass is 139 g/mol. The summed E-state index contributed by atoms with van der Waals surface area (Å²) in [5, 5.41) is 0. The Morgan fingerprint density at radius 3 is 2.80 bits per heavy atom. The third kappa shape index (κ3) is 1.23. The molecule has 0 N–H and O–H groups in total. The summed E-state index contributed by atoms with van der Waals surface area (Å²) in [7, 11) is 0. The highest BCUT2D eigenvalue weighted by Crippen LogP contribution is 2.04. The Morgan fingerprint density at radius 2 is 2.40 bits per heavy atom. The zero-order valence-electron chi connectivity index (χ0n) is 6.00. The van der Waals surface area contributed by atoms with E-state index in [1.807, 2.05) is 13.8 Å². The van der Waals surface area contributed by atoms with E-state index in [0.717, 1.165) is 0 Å². The number of Topliss-reactive ketones (excluding diaryl/α,β-unsaturated/α-hetero) is 1. The van der Waals surface area contributed by atoms with Gasteiger partial charge in [0.1, 0.15) is 12.0 Å². The van der Waals surface area contributed by atoms with Crippen LogP contribution >= 0.6 is 0 Å². The molecule has 0 aromatic carbocycles. The maximum absolute atomic E-state index is 11.1. The lowest BCUT2D eigenvalue weighted by atomic mass is 10.1. The number of carbonyl (C=O) groups excluding carboxylic acids is 1. The molecule has 54 valence electrons. The maximum Gasteiger partial charge on any atom is 0.186 e. The van der Waals surface area contributed by atoms with Crippen molar-refractivity contribution in [3.8, 4) is 0 Å². The Kier molecular flexibility index (Phi) is 1.85. The van der Waals surface area contributed by atoms with Gasteiger partial charge in [-0.15, -0.1) is 0 Å². The predicted molar refractivity (Wildman–Crippen MR) is 35.7 cm³/mol. The minimum absolute atomic E-state index is 0.00917. The van der Waals surface area contributed by atoms with Gasteiger partial charge >= 0.3 is 0 Å². The fraction of sp³-hybridized carbons (Fsp3) is 0.429. The van der Waals surface area contributed by atoms with Crippen molar-refractivity contribution in [2.24, 2.45) is 5.92 Å². The van der Waals surface area contributed by atoms with Crippen molar-refractivity contribution < 1.29 is 9.21 Å². The Balaban J connectivity index is 2.78. The van der Waals surface area contributed by atoms with Crippen LogP contribution in [-0.2, 0) is 0 Å². The van der Waals surface area contributed by atoms with Crippen LogP contribution in [0.25, 0.3) is 0 Å². The molecule has 0 fully saturated rings. The molecule has 1 aromatic heterocycles. The topological polar surface area (TPSA) is 43.1 Å². The normalized spacial score (nSPS) is 10.3. The van der Waals surface area contributed by atoms with Gasteiger partial charge in [0.2, 0.25) is 0 Å². The van der Waals surface area contributed by atoms with E-state index in [1.165, 1.54) is 12.7 Å². The van der Waals surface area contributed by atoms with Crippen molar-refractivity contribution in [2.45, 2.75) is 13.8 Å². The quantitative estimate of drug-likeness (QED) is 0.583. The lowest BCUT2D eigenvalue weighted by Crippen LogP contribution is -2.07. The number of rotatable bonds is 2. The zero-order chi connectivity index (χ0) is 7.56. The first-order valence-corrected chi connectivity index (χ1v) is 3.14. The lowest BCUT2D eigenvalue weighted by molar-refractivity contribution is 0.0934. The fourth-order valence-electron chi connectivity index (χ4n) is 0.630. The number of carbonyl (C=O) groups is 1. The molecule has 10 heavy (non-hydrogen) atoms. The van der Waals surface area contributed by atoms with Crippen molar-refractivity contribution >= 4 is 5.78 Å². The summed E-state index contributed by atoms with van der Waals surface area (Å²) in [5.74, 6) is 0.0128. The largest absolute Gasteiger partial charge is 0.451 e. The van der Waals surface area contributed by atoms with E-state index in [1.54, 1.807) is 0 Å². The molecule has 3 nitrogen and oxygen atoms in total. The van der Waals surface area contributed by atoms with Crippen molar-refractivity contribution in [3.05, 3.63) is 18.4 Å². The molecule has 0 unspecified atom stereocenters. The average Bonchev–Trinajstić information content (AvgIpc) is 2.36. The smallest absolute Gasteiger partial charge is 0.186 e. The first kappa shape index (κ1) is 6.99. The summed E-state index contributed by atoms with van der Waals surface area (Å²) in [6.45, 7) is 3.66. The molecule has 0 spiro atoms. The van der Waals surface area contributed by atoms with E-state index in [0.29, 0.717) is 5.69 Å². The van der Waals surface area contributed by atoms with Crippen molar-refractivity contribution in [1.29, 1.82) is 0 Å². The lowest BCUT2D eigenvalue weighted by Gasteiger charge is -1.96. The van der Waals surface area contributed by atoms with Crippen LogP contribution in [-0.4, -0.2) is 10.8 Å². The van der Waals surface area contributed by atoms with E-state index in [-0.39, 0.29) is 11.7 Å². The van der Waals surface area contributed by atoms with Crippen molar-refractivity contribution in [1.82, 2.24) is 4.98 Å². The Hall–Kier alpha value is -1.12. The first-order valence-electron chi connectivity index (χ1n) is 3.14. The van der Waals surface area contributed by atoms with Crippen LogP contribution < -0.4 is 0 Å². The van der Waals surface area contributed by atoms with Crippen LogP contribution in [0.15, 0.2) is 17.1 Å². The van der Waals surface area contributed by atoms with Crippen LogP contribution in [0.3, 0.4) is 0 Å². The zero-order valence-corrected chi connectivity index (χ0v) is 6.00. The SMILES string of the molecule is CC(C)C(=O)c1cocn1. The molecule has 1 rings (SSSR count). The molecular weight excluding hydrogens is 130 g/mol. The highest BCUT2D eigenvalue weighted by Gasteiger charge is 2.11. The molecule has 1 aromatic rings. The summed E-state index contributed by atoms with van der Waals surface area (Å²) >= 11 is 0. The van der Waals surface area contributed by atoms with Crippen LogP contribution in [0.1, 0.15) is 24.3 Å². The average molecular weight is 139 g/mol. The third-order valence-electron chi connectivity index (χ3n) is 1.21. The van der Waals surface area contributed by atoms with Gasteiger partial charge in [0.05, 0.1) is 0 Å². The molecule has 3 heteroatoms. The second-order valence-electron chi connectivity index (χ2n) is 2.39. The standard InChI is InChI=1S/C7H9NO2/c1-5(2)7(9)6-3-10-4-8-6/h3-5H,1-2H3. The summed E-state index contributed by atoms with van der Waals surface area (Å²) in [4.78, 5) is 14.8. The van der Waals surface area contributed by atoms with Crippen LogP contribution in [0.2, 0.25) is 0 Å². The van der Waals surface area contributed by atoms with Gasteiger partial charge in [-0.25, -0.2) is 4.98 Å². The number of oxazole rings is 1. The molecule has 0 radical (unpaired) electrons. The number of hydrogen-bond acceptors (Lipinski definition) is 3. The van der Waals surface area contributed by atoms with Crippen LogP contribution in [0.5, 0.6) is 0 Å². The summed E-state index contributed by atoms with van der Waals surface area (Å²) < 4.78 is 4.65. The predicted octanol–water partition coefficient (Wildman–Crippen LogP) is 1.51. The maximum atomic E-state index is 11.1. The van der Waals surface area contributed by atoms with Gasteiger partial charge in [-0.3, -0.25) is 4.79 Å². The minimum atomic E-state index is -0.00917. The third-order valence-corrected chi connectivity index (χ3v) is 1.21. The summed E-state index contributed by atoms with van der Waals surface area (Å²) in [6.07, 6.45) is 2.62. The molecule has 0 amide bonds. The van der Waals surface area contributed by atoms with Crippen molar-refractivity contribution in [3.63, 3.8) is 0 Å². The van der Waals surface area contributed by atoms with E-state index < -0.39 is 0 Å². The van der Waals surface area contributed by atoms with E-state index >= 15 is 0 Å². The Labute approximate surface area is 59.1 Å². The number of ketones is 1. The molecule has 0 saturated heterocycles. The molecule has 0 aliphatic rings. The minimum Gasteiger partial charge on any atom is -0.451 e. The van der Waals surface area contributed by atoms with Gasteiger partial charge < -0.3 is 4.42 Å². The van der Waals surface area contributed by atoms with E-state index in [4.69, 9.17) is 0 Å². The number of nitrogens with zero attached hydrogens (tertiary/aromatic N) is 1. The molecule has 1 heterocycles. The fourth-order valence-corrected chi connectivity index (χ4v) is 0.630. The number of hydrogen-bond donors (Lipinski definition) is 0. The molecule has 0 bridgehead atoms. The Bertz CT molecular complexity index is 214. The summed E-state index contributed by atoms with van der Waals surface area (Å²) in [6, 6.07) is 0. The van der Waals surface area contributed by atoms with Gasteiger partial charge in [0, 0.05) is 5.92 Å². The van der Waals surface area contributed by atoms with Gasteiger partial charge in [-0.05, 0) is 0 Å². The van der Waals surface area contributed by atoms with Gasteiger partial charge in [0.15, 0.2) is 12.2 Å². The Morgan fingerprint density at radius 1 is 1.70 bits per heavy atom. The highest BCUT2D eigenvalue weighted by atomic mass is 16.3.